The fourth-order valence-corrected chi connectivity index (χ4v) is 3.94. The van der Waals surface area contributed by atoms with E-state index in [-0.39, 0.29) is 18.7 Å². The van der Waals surface area contributed by atoms with E-state index < -0.39 is 12.1 Å². The van der Waals surface area contributed by atoms with Gasteiger partial charge in [0.25, 0.3) is 5.91 Å². The maximum Gasteiger partial charge on any atom is 0.307 e. The zero-order valence-electron chi connectivity index (χ0n) is 19.0. The summed E-state index contributed by atoms with van der Waals surface area (Å²) in [5, 5.41) is 4.55. The Labute approximate surface area is 203 Å². The molecule has 1 aliphatic heterocycles. The van der Waals surface area contributed by atoms with E-state index in [2.05, 4.69) is 27.2 Å². The lowest BCUT2D eigenvalue weighted by atomic mass is 10.2. The van der Waals surface area contributed by atoms with Gasteiger partial charge in [-0.1, -0.05) is 47.1 Å². The van der Waals surface area contributed by atoms with Crippen LogP contribution in [0.25, 0.3) is 11.4 Å². The van der Waals surface area contributed by atoms with E-state index >= 15 is 0 Å². The van der Waals surface area contributed by atoms with E-state index in [0.717, 1.165) is 25.2 Å². The van der Waals surface area contributed by atoms with Gasteiger partial charge >= 0.3 is 5.97 Å². The number of aromatic nitrogens is 2. The number of carbonyl (C=O) groups is 2. The molecule has 2 aromatic carbocycles. The van der Waals surface area contributed by atoms with Gasteiger partial charge in [0.2, 0.25) is 11.7 Å². The van der Waals surface area contributed by atoms with Crippen molar-refractivity contribution < 1.29 is 18.8 Å². The molecule has 8 nitrogen and oxygen atoms in total. The standard InChI is InChI=1S/C25H27ClN4O4/c1-18(25(32)30-15-13-29(14-16-30)17-19-5-3-2-4-6-19)33-23(31)12-11-22-27-24(28-34-22)20-7-9-21(26)10-8-20/h2-10,18H,11-17H2,1H3. The Morgan fingerprint density at radius 1 is 1.06 bits per heavy atom. The molecule has 4 rings (SSSR count). The summed E-state index contributed by atoms with van der Waals surface area (Å²) in [7, 11) is 0. The van der Waals surface area contributed by atoms with Gasteiger partial charge in [0.15, 0.2) is 6.10 Å². The lowest BCUT2D eigenvalue weighted by Crippen LogP contribution is -2.51. The number of esters is 1. The average Bonchev–Trinajstić information content (AvgIpc) is 3.33. The minimum Gasteiger partial charge on any atom is -0.453 e. The highest BCUT2D eigenvalue weighted by molar-refractivity contribution is 6.30. The van der Waals surface area contributed by atoms with Crippen molar-refractivity contribution in [2.45, 2.75) is 32.4 Å². The normalized spacial score (nSPS) is 15.2. The average molecular weight is 483 g/mol. The molecule has 2 heterocycles. The van der Waals surface area contributed by atoms with Crippen LogP contribution in [-0.2, 0) is 27.3 Å². The molecule has 0 bridgehead atoms. The van der Waals surface area contributed by atoms with Crippen molar-refractivity contribution in [3.8, 4) is 11.4 Å². The lowest BCUT2D eigenvalue weighted by Gasteiger charge is -2.35. The summed E-state index contributed by atoms with van der Waals surface area (Å²) in [5.41, 5.74) is 2.02. The fourth-order valence-electron chi connectivity index (χ4n) is 3.81. The largest absolute Gasteiger partial charge is 0.453 e. The second-order valence-corrected chi connectivity index (χ2v) is 8.67. The zero-order valence-corrected chi connectivity index (χ0v) is 19.8. The molecule has 1 unspecified atom stereocenters. The molecular formula is C25H27ClN4O4. The molecule has 1 amide bonds. The monoisotopic (exact) mass is 482 g/mol. The Morgan fingerprint density at radius 2 is 1.76 bits per heavy atom. The Bertz CT molecular complexity index is 1100. The maximum absolute atomic E-state index is 12.7. The Hall–Kier alpha value is -3.23. The minimum atomic E-state index is -0.833. The van der Waals surface area contributed by atoms with Crippen molar-refractivity contribution in [1.82, 2.24) is 19.9 Å². The van der Waals surface area contributed by atoms with Gasteiger partial charge < -0.3 is 14.2 Å². The van der Waals surface area contributed by atoms with Crippen molar-refractivity contribution in [1.29, 1.82) is 0 Å². The number of hydrogen-bond acceptors (Lipinski definition) is 7. The van der Waals surface area contributed by atoms with Gasteiger partial charge in [0.05, 0.1) is 6.42 Å². The highest BCUT2D eigenvalue weighted by atomic mass is 35.5. The Kier molecular flexibility index (Phi) is 7.92. The summed E-state index contributed by atoms with van der Waals surface area (Å²) in [6, 6.07) is 17.3. The van der Waals surface area contributed by atoms with Crippen LogP contribution in [0.1, 0.15) is 24.8 Å². The summed E-state index contributed by atoms with van der Waals surface area (Å²) < 4.78 is 10.6. The highest BCUT2D eigenvalue weighted by Crippen LogP contribution is 2.19. The van der Waals surface area contributed by atoms with Gasteiger partial charge in [0.1, 0.15) is 0 Å². The molecule has 1 aromatic heterocycles. The number of hydrogen-bond donors (Lipinski definition) is 0. The van der Waals surface area contributed by atoms with Gasteiger partial charge in [-0.15, -0.1) is 0 Å². The number of carbonyl (C=O) groups excluding carboxylic acids is 2. The van der Waals surface area contributed by atoms with Crippen LogP contribution in [0.4, 0.5) is 0 Å². The lowest BCUT2D eigenvalue weighted by molar-refractivity contribution is -0.160. The van der Waals surface area contributed by atoms with Crippen molar-refractivity contribution in [3.05, 3.63) is 71.1 Å². The topological polar surface area (TPSA) is 88.8 Å². The third-order valence-corrected chi connectivity index (χ3v) is 5.95. The van der Waals surface area contributed by atoms with Gasteiger partial charge in [-0.25, -0.2) is 0 Å². The van der Waals surface area contributed by atoms with Crippen molar-refractivity contribution >= 4 is 23.5 Å². The smallest absolute Gasteiger partial charge is 0.307 e. The minimum absolute atomic E-state index is 0.0464. The molecule has 9 heteroatoms. The van der Waals surface area contributed by atoms with Crippen LogP contribution < -0.4 is 0 Å². The van der Waals surface area contributed by atoms with Crippen LogP contribution in [0.2, 0.25) is 5.02 Å². The molecule has 1 aliphatic rings. The van der Waals surface area contributed by atoms with E-state index in [9.17, 15) is 9.59 Å². The molecule has 0 radical (unpaired) electrons. The number of amides is 1. The van der Waals surface area contributed by atoms with Crippen LogP contribution in [0.15, 0.2) is 59.1 Å². The number of benzene rings is 2. The number of nitrogens with zero attached hydrogens (tertiary/aromatic N) is 4. The van der Waals surface area contributed by atoms with E-state index in [4.69, 9.17) is 20.9 Å². The number of aryl methyl sites for hydroxylation is 1. The fraction of sp³-hybridized carbons (Fsp3) is 0.360. The van der Waals surface area contributed by atoms with Crippen molar-refractivity contribution in [3.63, 3.8) is 0 Å². The van der Waals surface area contributed by atoms with Crippen LogP contribution in [0.3, 0.4) is 0 Å². The van der Waals surface area contributed by atoms with Crippen LogP contribution in [0.5, 0.6) is 0 Å². The van der Waals surface area contributed by atoms with Crippen LogP contribution >= 0.6 is 11.6 Å². The summed E-state index contributed by atoms with van der Waals surface area (Å²) in [5.74, 6) is 0.107. The Balaban J connectivity index is 1.19. The summed E-state index contributed by atoms with van der Waals surface area (Å²) in [6.07, 6.45) is -0.552. The number of piperazine rings is 1. The molecular weight excluding hydrogens is 456 g/mol. The molecule has 0 aliphatic carbocycles. The summed E-state index contributed by atoms with van der Waals surface area (Å²) >= 11 is 5.89. The first kappa shape index (κ1) is 23.9. The number of rotatable bonds is 8. The highest BCUT2D eigenvalue weighted by Gasteiger charge is 2.27. The third kappa shape index (κ3) is 6.42. The first-order valence-corrected chi connectivity index (χ1v) is 11.7. The van der Waals surface area contributed by atoms with Crippen molar-refractivity contribution in [2.75, 3.05) is 26.2 Å². The third-order valence-electron chi connectivity index (χ3n) is 5.70. The Morgan fingerprint density at radius 3 is 2.47 bits per heavy atom. The summed E-state index contributed by atoms with van der Waals surface area (Å²) in [4.78, 5) is 33.4. The second kappa shape index (κ2) is 11.3. The van der Waals surface area contributed by atoms with Crippen LogP contribution in [-0.4, -0.2) is 64.1 Å². The van der Waals surface area contributed by atoms with Gasteiger partial charge in [-0.2, -0.15) is 4.98 Å². The van der Waals surface area contributed by atoms with Crippen LogP contribution in [0, 0.1) is 0 Å². The number of halogens is 1. The molecule has 3 aromatic rings. The maximum atomic E-state index is 12.7. The predicted octanol–water partition coefficient (Wildman–Crippen LogP) is 3.60. The van der Waals surface area contributed by atoms with E-state index in [1.807, 2.05) is 18.2 Å². The molecule has 0 N–H and O–H groups in total. The second-order valence-electron chi connectivity index (χ2n) is 8.24. The predicted molar refractivity (Wildman–Crippen MR) is 127 cm³/mol. The zero-order chi connectivity index (χ0) is 23.9. The summed E-state index contributed by atoms with van der Waals surface area (Å²) in [6.45, 7) is 5.28. The van der Waals surface area contributed by atoms with Gasteiger partial charge in [-0.05, 0) is 36.8 Å². The first-order chi connectivity index (χ1) is 16.5. The van der Waals surface area contributed by atoms with Gasteiger partial charge in [-0.3, -0.25) is 14.5 Å². The molecule has 1 atom stereocenters. The van der Waals surface area contributed by atoms with E-state index in [0.29, 0.717) is 29.8 Å². The molecule has 178 valence electrons. The van der Waals surface area contributed by atoms with E-state index in [1.165, 1.54) is 5.56 Å². The van der Waals surface area contributed by atoms with Crippen molar-refractivity contribution in [2.24, 2.45) is 0 Å². The number of ether oxygens (including phenoxy) is 1. The SMILES string of the molecule is CC(OC(=O)CCc1nc(-c2ccc(Cl)cc2)no1)C(=O)N1CCN(Cc2ccccc2)CC1. The molecule has 34 heavy (non-hydrogen) atoms. The molecule has 1 saturated heterocycles. The molecule has 1 fully saturated rings. The molecule has 0 saturated carbocycles. The first-order valence-electron chi connectivity index (χ1n) is 11.3. The van der Waals surface area contributed by atoms with E-state index in [1.54, 1.807) is 36.1 Å². The van der Waals surface area contributed by atoms with Gasteiger partial charge in [0, 0.05) is 49.7 Å². The quantitative estimate of drug-likeness (QED) is 0.453. The molecule has 0 spiro atoms.